The third-order valence-electron chi connectivity index (χ3n) is 5.68. The summed E-state index contributed by atoms with van der Waals surface area (Å²) in [6.07, 6.45) is 1.47. The summed E-state index contributed by atoms with van der Waals surface area (Å²) >= 11 is 0. The van der Waals surface area contributed by atoms with E-state index in [1.165, 1.54) is 6.07 Å². The molecule has 7 nitrogen and oxygen atoms in total. The van der Waals surface area contributed by atoms with Crippen molar-refractivity contribution in [3.8, 4) is 11.3 Å². The lowest BCUT2D eigenvalue weighted by atomic mass is 9.92. The molecular formula is C23H23F3N6O. The lowest BCUT2D eigenvalue weighted by Crippen LogP contribution is -2.44. The minimum atomic E-state index is -4.55. The Bertz CT molecular complexity index is 1140. The predicted octanol–water partition coefficient (Wildman–Crippen LogP) is 4.81. The van der Waals surface area contributed by atoms with Gasteiger partial charge in [-0.2, -0.15) is 13.2 Å². The van der Waals surface area contributed by atoms with Crippen LogP contribution in [0.4, 0.5) is 24.7 Å². The van der Waals surface area contributed by atoms with Crippen LogP contribution in [0.15, 0.2) is 48.9 Å². The number of aromatic nitrogens is 4. The second-order valence-corrected chi connectivity index (χ2v) is 8.09. The van der Waals surface area contributed by atoms with E-state index in [9.17, 15) is 18.0 Å². The fourth-order valence-electron chi connectivity index (χ4n) is 3.94. The Morgan fingerprint density at radius 3 is 2.67 bits per heavy atom. The molecule has 0 bridgehead atoms. The molecule has 0 radical (unpaired) electrons. The molecule has 3 aromatic rings. The molecule has 1 fully saturated rings. The largest absolute Gasteiger partial charge is 0.433 e. The van der Waals surface area contributed by atoms with E-state index < -0.39 is 11.9 Å². The molecule has 2 atom stereocenters. The van der Waals surface area contributed by atoms with Crippen molar-refractivity contribution in [3.05, 3.63) is 60.4 Å². The van der Waals surface area contributed by atoms with Crippen LogP contribution in [0.2, 0.25) is 0 Å². The normalized spacial score (nSPS) is 18.8. The summed E-state index contributed by atoms with van der Waals surface area (Å²) in [5, 5.41) is 2.96. The molecule has 0 spiro atoms. The fraction of sp³-hybridized carbons (Fsp3) is 0.348. The number of rotatable bonds is 4. The first-order chi connectivity index (χ1) is 15.7. The van der Waals surface area contributed by atoms with Gasteiger partial charge in [-0.1, -0.05) is 0 Å². The third-order valence-corrected chi connectivity index (χ3v) is 5.68. The number of amides is 1. The molecule has 33 heavy (non-hydrogen) atoms. The van der Waals surface area contributed by atoms with Gasteiger partial charge in [-0.05, 0) is 44.0 Å². The van der Waals surface area contributed by atoms with Crippen LogP contribution in [0.25, 0.3) is 11.3 Å². The second-order valence-electron chi connectivity index (χ2n) is 8.09. The number of hydrogen-bond donors (Lipinski definition) is 1. The highest BCUT2D eigenvalue weighted by Crippen LogP contribution is 2.32. The molecule has 1 amide bonds. The van der Waals surface area contributed by atoms with Gasteiger partial charge < -0.3 is 10.2 Å². The van der Waals surface area contributed by atoms with Gasteiger partial charge in [0.25, 0.3) is 0 Å². The van der Waals surface area contributed by atoms with Crippen LogP contribution >= 0.6 is 0 Å². The molecule has 1 aliphatic heterocycles. The first kappa shape index (κ1) is 22.6. The van der Waals surface area contributed by atoms with Crippen molar-refractivity contribution >= 4 is 17.4 Å². The molecular weight excluding hydrogens is 433 g/mol. The minimum Gasteiger partial charge on any atom is -0.340 e. The number of pyridine rings is 2. The van der Waals surface area contributed by atoms with Crippen LogP contribution in [-0.2, 0) is 11.0 Å². The van der Waals surface area contributed by atoms with Gasteiger partial charge in [0.05, 0.1) is 5.69 Å². The molecule has 0 aromatic carbocycles. The molecule has 1 aliphatic rings. The molecule has 3 aromatic heterocycles. The van der Waals surface area contributed by atoms with E-state index in [-0.39, 0.29) is 23.6 Å². The number of anilines is 2. The van der Waals surface area contributed by atoms with Gasteiger partial charge in [-0.25, -0.2) is 9.97 Å². The summed E-state index contributed by atoms with van der Waals surface area (Å²) in [6, 6.07) is 7.81. The van der Waals surface area contributed by atoms with E-state index in [0.717, 1.165) is 30.7 Å². The molecule has 4 rings (SSSR count). The zero-order valence-electron chi connectivity index (χ0n) is 18.2. The highest BCUT2D eigenvalue weighted by atomic mass is 19.4. The number of piperidine rings is 1. The van der Waals surface area contributed by atoms with Gasteiger partial charge in [0.15, 0.2) is 0 Å². The van der Waals surface area contributed by atoms with Gasteiger partial charge in [0, 0.05) is 61.3 Å². The summed E-state index contributed by atoms with van der Waals surface area (Å²) in [7, 11) is 0. The van der Waals surface area contributed by atoms with Crippen molar-refractivity contribution in [1.82, 2.24) is 24.8 Å². The van der Waals surface area contributed by atoms with E-state index in [0.29, 0.717) is 23.9 Å². The van der Waals surface area contributed by atoms with Gasteiger partial charge >= 0.3 is 6.18 Å². The van der Waals surface area contributed by atoms with Crippen LogP contribution in [0.3, 0.4) is 0 Å². The summed E-state index contributed by atoms with van der Waals surface area (Å²) in [4.78, 5) is 30.7. The molecule has 0 unspecified atom stereocenters. The van der Waals surface area contributed by atoms with Crippen molar-refractivity contribution in [2.24, 2.45) is 0 Å². The average Bonchev–Trinajstić information content (AvgIpc) is 2.79. The zero-order chi connectivity index (χ0) is 23.6. The first-order valence-corrected chi connectivity index (χ1v) is 10.6. The fourth-order valence-corrected chi connectivity index (χ4v) is 3.94. The van der Waals surface area contributed by atoms with Crippen LogP contribution < -0.4 is 5.32 Å². The van der Waals surface area contributed by atoms with E-state index in [1.807, 2.05) is 13.0 Å². The van der Waals surface area contributed by atoms with Crippen molar-refractivity contribution in [1.29, 1.82) is 0 Å². The number of hydrogen-bond acceptors (Lipinski definition) is 6. The summed E-state index contributed by atoms with van der Waals surface area (Å²) in [5.74, 6) is 0.782. The Hall–Kier alpha value is -3.56. The summed E-state index contributed by atoms with van der Waals surface area (Å²) in [6.45, 7) is 4.04. The molecule has 0 saturated carbocycles. The van der Waals surface area contributed by atoms with Crippen molar-refractivity contribution < 1.29 is 18.0 Å². The maximum absolute atomic E-state index is 13.1. The minimum absolute atomic E-state index is 0.00886. The van der Waals surface area contributed by atoms with Crippen LogP contribution in [0, 0.1) is 0 Å². The lowest BCUT2D eigenvalue weighted by molar-refractivity contribution is -0.141. The smallest absolute Gasteiger partial charge is 0.340 e. The standard InChI is InChI=1S/C23H23F3N6O/c1-14-5-6-17(13-32(14)15(2)33)22-30-19(16-4-3-8-27-12-16)11-21(31-22)29-18-7-9-28-20(10-18)23(24,25)26/h3-4,7-12,14,17H,5-6,13H2,1-2H3,(H,28,29,30,31)/t14-,17+/m0/s1. The molecule has 4 heterocycles. The molecule has 1 N–H and O–H groups in total. The van der Waals surface area contributed by atoms with Crippen molar-refractivity contribution in [2.75, 3.05) is 11.9 Å². The molecule has 10 heteroatoms. The average molecular weight is 456 g/mol. The highest BCUT2D eigenvalue weighted by Gasteiger charge is 2.33. The van der Waals surface area contributed by atoms with Crippen LogP contribution in [0.5, 0.6) is 0 Å². The number of alkyl halides is 3. The van der Waals surface area contributed by atoms with Gasteiger partial charge in [-0.15, -0.1) is 0 Å². The molecule has 172 valence electrons. The number of nitrogens with one attached hydrogen (secondary N) is 1. The van der Waals surface area contributed by atoms with E-state index in [1.54, 1.807) is 36.4 Å². The summed E-state index contributed by atoms with van der Waals surface area (Å²) in [5.41, 5.74) is 0.561. The SMILES string of the molecule is CC(=O)N1C[C@H](c2nc(Nc3ccnc(C(F)(F)F)c3)cc(-c3cccnc3)n2)CC[C@@H]1C. The van der Waals surface area contributed by atoms with Gasteiger partial charge in [0.2, 0.25) is 5.91 Å². The number of carbonyl (C=O) groups excluding carboxylic acids is 1. The Labute approximate surface area is 189 Å². The first-order valence-electron chi connectivity index (χ1n) is 10.6. The lowest BCUT2D eigenvalue weighted by Gasteiger charge is -2.37. The quantitative estimate of drug-likeness (QED) is 0.607. The Balaban J connectivity index is 1.71. The van der Waals surface area contributed by atoms with Gasteiger partial charge in [0.1, 0.15) is 17.3 Å². The Morgan fingerprint density at radius 1 is 1.15 bits per heavy atom. The maximum Gasteiger partial charge on any atom is 0.433 e. The number of carbonyl (C=O) groups is 1. The van der Waals surface area contributed by atoms with E-state index in [2.05, 4.69) is 20.3 Å². The van der Waals surface area contributed by atoms with Gasteiger partial charge in [-0.3, -0.25) is 14.8 Å². The van der Waals surface area contributed by atoms with E-state index in [4.69, 9.17) is 4.98 Å². The number of halogens is 3. The number of nitrogens with zero attached hydrogens (tertiary/aromatic N) is 5. The van der Waals surface area contributed by atoms with Crippen LogP contribution in [0.1, 0.15) is 44.1 Å². The third kappa shape index (κ3) is 5.27. The Morgan fingerprint density at radius 2 is 1.97 bits per heavy atom. The van der Waals surface area contributed by atoms with Crippen molar-refractivity contribution in [3.63, 3.8) is 0 Å². The highest BCUT2D eigenvalue weighted by molar-refractivity contribution is 5.73. The summed E-state index contributed by atoms with van der Waals surface area (Å²) < 4.78 is 39.2. The molecule has 0 aliphatic carbocycles. The van der Waals surface area contributed by atoms with Crippen LogP contribution in [-0.4, -0.2) is 43.3 Å². The van der Waals surface area contributed by atoms with E-state index >= 15 is 0 Å². The topological polar surface area (TPSA) is 83.9 Å². The Kier molecular flexibility index (Phi) is 6.26. The number of likely N-dealkylation sites (tertiary alicyclic amines) is 1. The monoisotopic (exact) mass is 456 g/mol. The predicted molar refractivity (Wildman–Crippen MR) is 117 cm³/mol. The second kappa shape index (κ2) is 9.13. The molecule has 1 saturated heterocycles. The zero-order valence-corrected chi connectivity index (χ0v) is 18.2. The van der Waals surface area contributed by atoms with Crippen molar-refractivity contribution in [2.45, 2.75) is 44.8 Å². The maximum atomic E-state index is 13.1.